The second kappa shape index (κ2) is 3.56. The Balaban J connectivity index is 2.63. The van der Waals surface area contributed by atoms with Crippen LogP contribution in [-0.4, -0.2) is 23.5 Å². The molecule has 2 atom stereocenters. The summed E-state index contributed by atoms with van der Waals surface area (Å²) in [5, 5.41) is 11.3. The molecule has 12 heavy (non-hydrogen) atoms. The van der Waals surface area contributed by atoms with Crippen LogP contribution in [0.2, 0.25) is 0 Å². The molecule has 0 aromatic heterocycles. The van der Waals surface area contributed by atoms with Crippen LogP contribution in [0.1, 0.15) is 19.8 Å². The lowest BCUT2D eigenvalue weighted by Gasteiger charge is -2.10. The molecule has 68 valence electrons. The zero-order valence-corrected chi connectivity index (χ0v) is 7.04. The summed E-state index contributed by atoms with van der Waals surface area (Å²) in [4.78, 5) is 21.6. The Bertz CT molecular complexity index is 202. The van der Waals surface area contributed by atoms with E-state index < -0.39 is 11.9 Å². The summed E-state index contributed by atoms with van der Waals surface area (Å²) in [5.41, 5.74) is 0. The maximum absolute atomic E-state index is 11.0. The molecule has 0 bridgehead atoms. The highest BCUT2D eigenvalue weighted by atomic mass is 16.4. The molecule has 0 aromatic rings. The number of carbonyl (C=O) groups is 2. The number of rotatable bonds is 3. The van der Waals surface area contributed by atoms with Crippen molar-refractivity contribution < 1.29 is 14.7 Å². The van der Waals surface area contributed by atoms with Crippen molar-refractivity contribution in [1.82, 2.24) is 5.32 Å². The highest BCUT2D eigenvalue weighted by Gasteiger charge is 2.39. The first-order valence-corrected chi connectivity index (χ1v) is 4.17. The number of carboxylic acids is 1. The zero-order chi connectivity index (χ0) is 9.14. The van der Waals surface area contributed by atoms with Gasteiger partial charge in [0.2, 0.25) is 5.91 Å². The van der Waals surface area contributed by atoms with Crippen molar-refractivity contribution in [1.29, 1.82) is 0 Å². The van der Waals surface area contributed by atoms with Gasteiger partial charge in [-0.2, -0.15) is 0 Å². The molecular weight excluding hydrogens is 158 g/mol. The molecule has 4 nitrogen and oxygen atoms in total. The fourth-order valence-corrected chi connectivity index (χ4v) is 1.63. The topological polar surface area (TPSA) is 66.4 Å². The van der Waals surface area contributed by atoms with Crippen LogP contribution in [0.25, 0.3) is 0 Å². The zero-order valence-electron chi connectivity index (χ0n) is 7.04. The molecule has 1 rings (SSSR count). The number of nitrogens with one attached hydrogen (secondary N) is 1. The summed E-state index contributed by atoms with van der Waals surface area (Å²) in [6.07, 6.45) is 1.72. The SMILES string of the molecule is CCC[C@H]1CNC(=O)C1C(=O)O. The molecule has 0 aromatic carbocycles. The van der Waals surface area contributed by atoms with E-state index in [2.05, 4.69) is 5.32 Å². The van der Waals surface area contributed by atoms with Gasteiger partial charge in [0.05, 0.1) is 0 Å². The fraction of sp³-hybridized carbons (Fsp3) is 0.750. The first kappa shape index (κ1) is 9.03. The monoisotopic (exact) mass is 171 g/mol. The van der Waals surface area contributed by atoms with E-state index in [-0.39, 0.29) is 11.8 Å². The second-order valence-corrected chi connectivity index (χ2v) is 3.11. The molecule has 1 amide bonds. The minimum atomic E-state index is -0.997. The predicted octanol–water partition coefficient (Wildman–Crippen LogP) is 0.233. The average molecular weight is 171 g/mol. The Hall–Kier alpha value is -1.06. The van der Waals surface area contributed by atoms with Gasteiger partial charge in [-0.1, -0.05) is 13.3 Å². The summed E-state index contributed by atoms with van der Waals surface area (Å²) >= 11 is 0. The van der Waals surface area contributed by atoms with Gasteiger partial charge in [0, 0.05) is 6.54 Å². The summed E-state index contributed by atoms with van der Waals surface area (Å²) in [6.45, 7) is 2.51. The van der Waals surface area contributed by atoms with Gasteiger partial charge in [-0.3, -0.25) is 9.59 Å². The van der Waals surface area contributed by atoms with Gasteiger partial charge in [0.1, 0.15) is 5.92 Å². The van der Waals surface area contributed by atoms with Gasteiger partial charge in [-0.05, 0) is 12.3 Å². The van der Waals surface area contributed by atoms with E-state index in [0.29, 0.717) is 6.54 Å². The van der Waals surface area contributed by atoms with E-state index in [9.17, 15) is 9.59 Å². The Labute approximate surface area is 71.0 Å². The van der Waals surface area contributed by atoms with Crippen molar-refractivity contribution in [3.8, 4) is 0 Å². The van der Waals surface area contributed by atoms with Gasteiger partial charge < -0.3 is 10.4 Å². The molecule has 4 heteroatoms. The minimum absolute atomic E-state index is 0.0139. The molecule has 1 unspecified atom stereocenters. The Morgan fingerprint density at radius 2 is 2.42 bits per heavy atom. The van der Waals surface area contributed by atoms with Gasteiger partial charge >= 0.3 is 5.97 Å². The normalized spacial score (nSPS) is 28.6. The van der Waals surface area contributed by atoms with Crippen LogP contribution >= 0.6 is 0 Å². The van der Waals surface area contributed by atoms with Crippen molar-refractivity contribution >= 4 is 11.9 Å². The van der Waals surface area contributed by atoms with Crippen molar-refractivity contribution in [2.24, 2.45) is 11.8 Å². The highest BCUT2D eigenvalue weighted by molar-refractivity contribution is 5.98. The molecule has 2 N–H and O–H groups in total. The molecule has 0 radical (unpaired) electrons. The number of hydrogen-bond donors (Lipinski definition) is 2. The van der Waals surface area contributed by atoms with E-state index >= 15 is 0 Å². The standard InChI is InChI=1S/C8H13NO3/c1-2-3-5-4-9-7(10)6(5)8(11)12/h5-6H,2-4H2,1H3,(H,9,10)(H,11,12)/t5-,6?/m0/s1. The average Bonchev–Trinajstić information content (AvgIpc) is 2.32. The molecule has 1 fully saturated rings. The van der Waals surface area contributed by atoms with Crippen LogP contribution in [-0.2, 0) is 9.59 Å². The summed E-state index contributed by atoms with van der Waals surface area (Å²) < 4.78 is 0. The maximum atomic E-state index is 11.0. The fourth-order valence-electron chi connectivity index (χ4n) is 1.63. The third kappa shape index (κ3) is 1.57. The largest absolute Gasteiger partial charge is 0.481 e. The third-order valence-corrected chi connectivity index (χ3v) is 2.22. The molecule has 1 aliphatic rings. The summed E-state index contributed by atoms with van der Waals surface area (Å²) in [6, 6.07) is 0. The quantitative estimate of drug-likeness (QED) is 0.597. The molecule has 0 aliphatic carbocycles. The minimum Gasteiger partial charge on any atom is -0.481 e. The van der Waals surface area contributed by atoms with Crippen molar-refractivity contribution in [3.05, 3.63) is 0 Å². The molecular formula is C8H13NO3. The molecule has 0 saturated carbocycles. The van der Waals surface area contributed by atoms with Crippen LogP contribution in [0.3, 0.4) is 0 Å². The second-order valence-electron chi connectivity index (χ2n) is 3.11. The van der Waals surface area contributed by atoms with Crippen LogP contribution in [0.5, 0.6) is 0 Å². The number of carboxylic acid groups (broad SMARTS) is 1. The molecule has 1 aliphatic heterocycles. The molecule has 1 saturated heterocycles. The van der Waals surface area contributed by atoms with E-state index in [4.69, 9.17) is 5.11 Å². The van der Waals surface area contributed by atoms with Gasteiger partial charge in [0.25, 0.3) is 0 Å². The first-order chi connectivity index (χ1) is 5.66. The van der Waals surface area contributed by atoms with Crippen molar-refractivity contribution in [3.63, 3.8) is 0 Å². The van der Waals surface area contributed by atoms with Crippen molar-refractivity contribution in [2.75, 3.05) is 6.54 Å². The van der Waals surface area contributed by atoms with E-state index in [0.717, 1.165) is 12.8 Å². The van der Waals surface area contributed by atoms with E-state index in [1.54, 1.807) is 0 Å². The number of aliphatic carboxylic acids is 1. The lowest BCUT2D eigenvalue weighted by atomic mass is 9.92. The smallest absolute Gasteiger partial charge is 0.316 e. The predicted molar refractivity (Wildman–Crippen MR) is 42.5 cm³/mol. The Kier molecular flexibility index (Phi) is 2.68. The first-order valence-electron chi connectivity index (χ1n) is 4.17. The van der Waals surface area contributed by atoms with Crippen LogP contribution < -0.4 is 5.32 Å². The van der Waals surface area contributed by atoms with Gasteiger partial charge in [0.15, 0.2) is 0 Å². The Morgan fingerprint density at radius 1 is 1.75 bits per heavy atom. The lowest BCUT2D eigenvalue weighted by Crippen LogP contribution is -2.27. The summed E-state index contributed by atoms with van der Waals surface area (Å²) in [5.74, 6) is -2.16. The van der Waals surface area contributed by atoms with Crippen LogP contribution in [0, 0.1) is 11.8 Å². The van der Waals surface area contributed by atoms with E-state index in [1.807, 2.05) is 6.92 Å². The maximum Gasteiger partial charge on any atom is 0.316 e. The highest BCUT2D eigenvalue weighted by Crippen LogP contribution is 2.22. The van der Waals surface area contributed by atoms with Crippen LogP contribution in [0.4, 0.5) is 0 Å². The van der Waals surface area contributed by atoms with Crippen molar-refractivity contribution in [2.45, 2.75) is 19.8 Å². The molecule has 0 spiro atoms. The summed E-state index contributed by atoms with van der Waals surface area (Å²) in [7, 11) is 0. The van der Waals surface area contributed by atoms with Gasteiger partial charge in [-0.15, -0.1) is 0 Å². The lowest BCUT2D eigenvalue weighted by molar-refractivity contribution is -0.146. The third-order valence-electron chi connectivity index (χ3n) is 2.22. The van der Waals surface area contributed by atoms with E-state index in [1.165, 1.54) is 0 Å². The number of hydrogen-bond acceptors (Lipinski definition) is 2. The van der Waals surface area contributed by atoms with Crippen LogP contribution in [0.15, 0.2) is 0 Å². The Morgan fingerprint density at radius 3 is 2.92 bits per heavy atom. The number of amides is 1. The van der Waals surface area contributed by atoms with Gasteiger partial charge in [-0.25, -0.2) is 0 Å². The number of carbonyl (C=O) groups excluding carboxylic acids is 1. The molecule has 1 heterocycles.